The third-order valence-electron chi connectivity index (χ3n) is 5.75. The van der Waals surface area contributed by atoms with Gasteiger partial charge in [0.2, 0.25) is 5.91 Å². The molecule has 28 heavy (non-hydrogen) atoms. The standard InChI is InChI=1S/C21H28ClN3O3/c22-16-6-7-18-19(14-16)28-21(24-18)25-11-8-15(9-12-25)20(26)23-10-3-13-27-17-4-1-2-5-17/h6-7,14-15,17H,1-5,8-13H2,(H,23,26). The molecule has 2 aliphatic rings. The van der Waals surface area contributed by atoms with Gasteiger partial charge in [-0.05, 0) is 44.2 Å². The summed E-state index contributed by atoms with van der Waals surface area (Å²) in [6.07, 6.45) is 7.91. The maximum Gasteiger partial charge on any atom is 0.298 e. The Bertz CT molecular complexity index is 795. The maximum absolute atomic E-state index is 12.4. The van der Waals surface area contributed by atoms with Crippen LogP contribution < -0.4 is 10.2 Å². The number of carbonyl (C=O) groups excluding carboxylic acids is 1. The molecule has 152 valence electrons. The van der Waals surface area contributed by atoms with Crippen molar-refractivity contribution < 1.29 is 13.9 Å². The van der Waals surface area contributed by atoms with Crippen molar-refractivity contribution in [2.45, 2.75) is 51.0 Å². The largest absolute Gasteiger partial charge is 0.423 e. The summed E-state index contributed by atoms with van der Waals surface area (Å²) in [5, 5.41) is 3.71. The van der Waals surface area contributed by atoms with Crippen LogP contribution in [-0.2, 0) is 9.53 Å². The first-order valence-corrected chi connectivity index (χ1v) is 10.8. The van der Waals surface area contributed by atoms with Crippen LogP contribution in [0.1, 0.15) is 44.9 Å². The molecule has 0 bridgehead atoms. The molecule has 7 heteroatoms. The van der Waals surface area contributed by atoms with Crippen LogP contribution in [0.15, 0.2) is 22.6 Å². The number of nitrogens with zero attached hydrogens (tertiary/aromatic N) is 2. The van der Waals surface area contributed by atoms with Crippen molar-refractivity contribution in [2.75, 3.05) is 31.1 Å². The van der Waals surface area contributed by atoms with Crippen LogP contribution in [0.5, 0.6) is 0 Å². The van der Waals surface area contributed by atoms with Gasteiger partial charge in [-0.1, -0.05) is 24.4 Å². The molecule has 1 N–H and O–H groups in total. The predicted molar refractivity (Wildman–Crippen MR) is 110 cm³/mol. The fourth-order valence-corrected chi connectivity index (χ4v) is 4.25. The molecule has 0 unspecified atom stereocenters. The van der Waals surface area contributed by atoms with Crippen molar-refractivity contribution in [2.24, 2.45) is 5.92 Å². The van der Waals surface area contributed by atoms with Crippen molar-refractivity contribution in [1.29, 1.82) is 0 Å². The molecule has 1 saturated heterocycles. The maximum atomic E-state index is 12.4. The molecule has 0 atom stereocenters. The fourth-order valence-electron chi connectivity index (χ4n) is 4.09. The number of piperidine rings is 1. The minimum absolute atomic E-state index is 0.0609. The monoisotopic (exact) mass is 405 g/mol. The molecular formula is C21H28ClN3O3. The van der Waals surface area contributed by atoms with Gasteiger partial charge in [-0.3, -0.25) is 4.79 Å². The lowest BCUT2D eigenvalue weighted by Crippen LogP contribution is -2.41. The first kappa shape index (κ1) is 19.5. The van der Waals surface area contributed by atoms with Gasteiger partial charge in [0.25, 0.3) is 6.01 Å². The number of aromatic nitrogens is 1. The molecule has 4 rings (SSSR count). The van der Waals surface area contributed by atoms with E-state index in [-0.39, 0.29) is 11.8 Å². The molecule has 2 aromatic rings. The molecule has 2 fully saturated rings. The van der Waals surface area contributed by atoms with E-state index in [0.29, 0.717) is 29.3 Å². The first-order chi connectivity index (χ1) is 13.7. The summed E-state index contributed by atoms with van der Waals surface area (Å²) < 4.78 is 11.7. The van der Waals surface area contributed by atoms with Gasteiger partial charge < -0.3 is 19.4 Å². The summed E-state index contributed by atoms with van der Waals surface area (Å²) in [7, 11) is 0. The van der Waals surface area contributed by atoms with Crippen molar-refractivity contribution in [3.63, 3.8) is 0 Å². The van der Waals surface area contributed by atoms with Crippen molar-refractivity contribution in [3.05, 3.63) is 23.2 Å². The Labute approximate surface area is 170 Å². The Kier molecular flexibility index (Phi) is 6.37. The van der Waals surface area contributed by atoms with Crippen molar-refractivity contribution in [1.82, 2.24) is 10.3 Å². The summed E-state index contributed by atoms with van der Waals surface area (Å²) >= 11 is 6.01. The van der Waals surface area contributed by atoms with Gasteiger partial charge >= 0.3 is 0 Å². The Balaban J connectivity index is 1.18. The molecule has 0 radical (unpaired) electrons. The molecule has 1 amide bonds. The van der Waals surface area contributed by atoms with Crippen LogP contribution in [0, 0.1) is 5.92 Å². The van der Waals surface area contributed by atoms with Gasteiger partial charge in [0.05, 0.1) is 6.10 Å². The van der Waals surface area contributed by atoms with Gasteiger partial charge in [-0.2, -0.15) is 4.98 Å². The lowest BCUT2D eigenvalue weighted by molar-refractivity contribution is -0.125. The zero-order chi connectivity index (χ0) is 19.3. The molecule has 1 aromatic carbocycles. The summed E-state index contributed by atoms with van der Waals surface area (Å²) in [4.78, 5) is 19.1. The number of fused-ring (bicyclic) bond motifs is 1. The number of ether oxygens (including phenoxy) is 1. The predicted octanol–water partition coefficient (Wildman–Crippen LogP) is 4.16. The highest BCUT2D eigenvalue weighted by Gasteiger charge is 2.27. The van der Waals surface area contributed by atoms with Crippen molar-refractivity contribution >= 4 is 34.6 Å². The minimum Gasteiger partial charge on any atom is -0.423 e. The highest BCUT2D eigenvalue weighted by molar-refractivity contribution is 6.31. The SMILES string of the molecule is O=C(NCCCOC1CCCC1)C1CCN(c2nc3ccc(Cl)cc3o2)CC1. The van der Waals surface area contributed by atoms with Crippen LogP contribution in [0.4, 0.5) is 6.01 Å². The zero-order valence-electron chi connectivity index (χ0n) is 16.2. The second-order valence-electron chi connectivity index (χ2n) is 7.79. The van der Waals surface area contributed by atoms with Gasteiger partial charge in [0.15, 0.2) is 5.58 Å². The summed E-state index contributed by atoms with van der Waals surface area (Å²) in [5.74, 6) is 0.218. The second kappa shape index (κ2) is 9.14. The van der Waals surface area contributed by atoms with E-state index in [1.165, 1.54) is 25.7 Å². The molecule has 1 aliphatic carbocycles. The highest BCUT2D eigenvalue weighted by atomic mass is 35.5. The Morgan fingerprint density at radius 3 is 2.82 bits per heavy atom. The van der Waals surface area contributed by atoms with E-state index in [1.807, 2.05) is 12.1 Å². The Morgan fingerprint density at radius 2 is 2.04 bits per heavy atom. The van der Waals surface area contributed by atoms with Crippen LogP contribution >= 0.6 is 11.6 Å². The average Bonchev–Trinajstić information content (AvgIpc) is 3.37. The third kappa shape index (κ3) is 4.78. The van der Waals surface area contributed by atoms with Crippen LogP contribution in [0.25, 0.3) is 11.1 Å². The second-order valence-corrected chi connectivity index (χ2v) is 8.23. The number of oxazole rings is 1. The van der Waals surface area contributed by atoms with E-state index in [1.54, 1.807) is 6.07 Å². The number of anilines is 1. The highest BCUT2D eigenvalue weighted by Crippen LogP contribution is 2.28. The smallest absolute Gasteiger partial charge is 0.298 e. The molecular weight excluding hydrogens is 378 g/mol. The van der Waals surface area contributed by atoms with Crippen LogP contribution in [0.2, 0.25) is 5.02 Å². The molecule has 2 heterocycles. The van der Waals surface area contributed by atoms with E-state index < -0.39 is 0 Å². The molecule has 6 nitrogen and oxygen atoms in total. The summed E-state index contributed by atoms with van der Waals surface area (Å²) in [6, 6.07) is 6.07. The number of carbonyl (C=O) groups is 1. The first-order valence-electron chi connectivity index (χ1n) is 10.4. The quantitative estimate of drug-likeness (QED) is 0.700. The minimum atomic E-state index is 0.0609. The van der Waals surface area contributed by atoms with Crippen LogP contribution in [0.3, 0.4) is 0 Å². The average molecular weight is 406 g/mol. The summed E-state index contributed by atoms with van der Waals surface area (Å²) in [5.41, 5.74) is 1.50. The lowest BCUT2D eigenvalue weighted by Gasteiger charge is -2.30. The lowest BCUT2D eigenvalue weighted by atomic mass is 9.96. The third-order valence-corrected chi connectivity index (χ3v) is 5.99. The van der Waals surface area contributed by atoms with E-state index >= 15 is 0 Å². The Hall–Kier alpha value is -1.79. The number of hydrogen-bond donors (Lipinski definition) is 1. The Morgan fingerprint density at radius 1 is 1.25 bits per heavy atom. The number of nitrogens with one attached hydrogen (secondary N) is 1. The van der Waals surface area contributed by atoms with Crippen LogP contribution in [-0.4, -0.2) is 43.2 Å². The molecule has 1 aromatic heterocycles. The zero-order valence-corrected chi connectivity index (χ0v) is 16.9. The summed E-state index contributed by atoms with van der Waals surface area (Å²) in [6.45, 7) is 2.97. The van der Waals surface area contributed by atoms with Gasteiger partial charge in [-0.15, -0.1) is 0 Å². The number of halogens is 1. The van der Waals surface area contributed by atoms with Gasteiger partial charge in [0, 0.05) is 43.2 Å². The van der Waals surface area contributed by atoms with E-state index in [4.69, 9.17) is 20.8 Å². The van der Waals surface area contributed by atoms with E-state index in [0.717, 1.165) is 44.5 Å². The number of benzene rings is 1. The number of hydrogen-bond acceptors (Lipinski definition) is 5. The van der Waals surface area contributed by atoms with Crippen molar-refractivity contribution in [3.8, 4) is 0 Å². The van der Waals surface area contributed by atoms with E-state index in [2.05, 4.69) is 15.2 Å². The topological polar surface area (TPSA) is 67.6 Å². The molecule has 1 aliphatic heterocycles. The fraction of sp³-hybridized carbons (Fsp3) is 0.619. The van der Waals surface area contributed by atoms with Gasteiger partial charge in [-0.25, -0.2) is 0 Å². The van der Waals surface area contributed by atoms with E-state index in [9.17, 15) is 4.79 Å². The normalized spacial score (nSPS) is 18.8. The molecule has 1 saturated carbocycles. The molecule has 0 spiro atoms. The van der Waals surface area contributed by atoms with Gasteiger partial charge in [0.1, 0.15) is 5.52 Å². The number of rotatable bonds is 7. The number of amides is 1.